The van der Waals surface area contributed by atoms with Crippen LogP contribution in [0, 0.1) is 0 Å². The number of hydrogen-bond donors (Lipinski definition) is 0. The van der Waals surface area contributed by atoms with Crippen molar-refractivity contribution >= 4 is 45.3 Å². The van der Waals surface area contributed by atoms with Crippen molar-refractivity contribution in [3.05, 3.63) is 57.3 Å². The Kier molecular flexibility index (Phi) is 16.3. The first-order chi connectivity index (χ1) is 21.7. The van der Waals surface area contributed by atoms with Crippen LogP contribution in [0.25, 0.3) is 29.3 Å². The summed E-state index contributed by atoms with van der Waals surface area (Å²) in [5.41, 5.74) is 6.32. The second kappa shape index (κ2) is 20.1. The van der Waals surface area contributed by atoms with Gasteiger partial charge in [0.05, 0.1) is 0 Å². The molecule has 4 heteroatoms. The summed E-state index contributed by atoms with van der Waals surface area (Å²) in [4.78, 5) is 9.19. The van der Waals surface area contributed by atoms with E-state index in [1.807, 2.05) is 22.7 Å². The average molecular weight is 667 g/mol. The lowest BCUT2D eigenvalue weighted by molar-refractivity contribution is 0.667. The standard InChI is InChI=1S/C40H58S4/c1-5-9-13-17-21-31-27-35(42-30-31)39-33(23-19-15-11-7-3)29-37(44-39)40-34(24-20-16-12-8-4)28-36(43-40)38-32(25-26-41-38)22-18-14-10-6-2/h25-30H,5-24H2,1-4H3. The van der Waals surface area contributed by atoms with Gasteiger partial charge in [0.1, 0.15) is 0 Å². The monoisotopic (exact) mass is 666 g/mol. The third-order valence-electron chi connectivity index (χ3n) is 8.91. The first kappa shape index (κ1) is 35.7. The summed E-state index contributed by atoms with van der Waals surface area (Å²) < 4.78 is 0. The summed E-state index contributed by atoms with van der Waals surface area (Å²) in [6.45, 7) is 9.26. The minimum absolute atomic E-state index is 1.21. The molecule has 0 fully saturated rings. The zero-order valence-electron chi connectivity index (χ0n) is 28.2. The van der Waals surface area contributed by atoms with Gasteiger partial charge < -0.3 is 0 Å². The largest absolute Gasteiger partial charge is 0.143 e. The van der Waals surface area contributed by atoms with E-state index < -0.39 is 0 Å². The fourth-order valence-corrected chi connectivity index (χ4v) is 11.0. The van der Waals surface area contributed by atoms with E-state index in [-0.39, 0.29) is 0 Å². The van der Waals surface area contributed by atoms with Crippen LogP contribution >= 0.6 is 45.3 Å². The smallest absolute Gasteiger partial charge is 0.0481 e. The molecule has 0 unspecified atom stereocenters. The number of unbranched alkanes of at least 4 members (excludes halogenated alkanes) is 12. The summed E-state index contributed by atoms with van der Waals surface area (Å²) in [5, 5.41) is 4.78. The van der Waals surface area contributed by atoms with E-state index in [4.69, 9.17) is 0 Å². The third kappa shape index (κ3) is 10.7. The van der Waals surface area contributed by atoms with Crippen LogP contribution in [0.15, 0.2) is 35.0 Å². The van der Waals surface area contributed by atoms with Crippen molar-refractivity contribution in [2.24, 2.45) is 0 Å². The molecule has 0 N–H and O–H groups in total. The Morgan fingerprint density at radius 3 is 1.45 bits per heavy atom. The number of hydrogen-bond acceptors (Lipinski definition) is 4. The fourth-order valence-electron chi connectivity index (χ4n) is 6.23. The van der Waals surface area contributed by atoms with Crippen molar-refractivity contribution < 1.29 is 0 Å². The van der Waals surface area contributed by atoms with Gasteiger partial charge in [0.25, 0.3) is 0 Å². The minimum Gasteiger partial charge on any atom is -0.143 e. The highest BCUT2D eigenvalue weighted by Crippen LogP contribution is 2.48. The van der Waals surface area contributed by atoms with Crippen molar-refractivity contribution in [1.29, 1.82) is 0 Å². The molecule has 0 aromatic carbocycles. The van der Waals surface area contributed by atoms with Crippen LogP contribution in [0.5, 0.6) is 0 Å². The maximum Gasteiger partial charge on any atom is 0.0481 e. The molecule has 0 aliphatic heterocycles. The summed E-state index contributed by atoms with van der Waals surface area (Å²) in [6, 6.07) is 10.1. The van der Waals surface area contributed by atoms with Crippen LogP contribution in [0.2, 0.25) is 0 Å². The van der Waals surface area contributed by atoms with E-state index in [2.05, 4.69) is 85.4 Å². The lowest BCUT2D eigenvalue weighted by Crippen LogP contribution is -1.87. The highest BCUT2D eigenvalue weighted by Gasteiger charge is 2.20. The topological polar surface area (TPSA) is 0 Å². The lowest BCUT2D eigenvalue weighted by Gasteiger charge is -2.02. The van der Waals surface area contributed by atoms with E-state index >= 15 is 0 Å². The van der Waals surface area contributed by atoms with Gasteiger partial charge in [0.2, 0.25) is 0 Å². The molecular formula is C40H58S4. The molecule has 0 atom stereocenters. The second-order valence-electron chi connectivity index (χ2n) is 12.8. The van der Waals surface area contributed by atoms with Crippen LogP contribution in [0.3, 0.4) is 0 Å². The zero-order valence-corrected chi connectivity index (χ0v) is 31.5. The molecule has 0 radical (unpaired) electrons. The van der Waals surface area contributed by atoms with E-state index in [0.29, 0.717) is 0 Å². The van der Waals surface area contributed by atoms with Gasteiger partial charge >= 0.3 is 0 Å². The zero-order chi connectivity index (χ0) is 31.0. The summed E-state index contributed by atoms with van der Waals surface area (Å²) in [7, 11) is 0. The molecule has 242 valence electrons. The van der Waals surface area contributed by atoms with Gasteiger partial charge in [-0.05, 0) is 109 Å². The molecule has 4 rings (SSSR count). The molecule has 0 aliphatic rings. The number of rotatable bonds is 23. The van der Waals surface area contributed by atoms with E-state index in [1.165, 1.54) is 148 Å². The number of thiophene rings is 4. The van der Waals surface area contributed by atoms with Crippen LogP contribution in [0.1, 0.15) is 153 Å². The lowest BCUT2D eigenvalue weighted by atomic mass is 10.0. The Balaban J connectivity index is 1.64. The SMILES string of the molecule is CCCCCCc1csc(-c2sc(-c3sc(-c4sccc4CCCCCC)cc3CCCCCC)cc2CCCCCC)c1. The normalized spacial score (nSPS) is 11.6. The molecule has 4 aromatic rings. The molecule has 0 nitrogen and oxygen atoms in total. The minimum atomic E-state index is 1.21. The van der Waals surface area contributed by atoms with E-state index in [9.17, 15) is 0 Å². The van der Waals surface area contributed by atoms with Crippen molar-refractivity contribution in [2.45, 2.75) is 156 Å². The highest BCUT2D eigenvalue weighted by molar-refractivity contribution is 7.28. The number of aryl methyl sites for hydroxylation is 4. The maximum atomic E-state index is 2.61. The molecule has 4 heterocycles. The quantitative estimate of drug-likeness (QED) is 0.0691. The van der Waals surface area contributed by atoms with Crippen LogP contribution < -0.4 is 0 Å². The van der Waals surface area contributed by atoms with E-state index in [1.54, 1.807) is 32.0 Å². The van der Waals surface area contributed by atoms with Crippen molar-refractivity contribution in [3.63, 3.8) is 0 Å². The Morgan fingerprint density at radius 1 is 0.432 bits per heavy atom. The van der Waals surface area contributed by atoms with Gasteiger partial charge in [-0.3, -0.25) is 0 Å². The second-order valence-corrected chi connectivity index (χ2v) is 16.7. The Bertz CT molecular complexity index is 1330. The van der Waals surface area contributed by atoms with E-state index in [0.717, 1.165) is 0 Å². The molecule has 0 amide bonds. The maximum absolute atomic E-state index is 2.61. The van der Waals surface area contributed by atoms with Crippen molar-refractivity contribution in [1.82, 2.24) is 0 Å². The van der Waals surface area contributed by atoms with Crippen molar-refractivity contribution in [2.75, 3.05) is 0 Å². The van der Waals surface area contributed by atoms with Crippen LogP contribution in [0.4, 0.5) is 0 Å². The third-order valence-corrected chi connectivity index (χ3v) is 13.7. The molecule has 4 aromatic heterocycles. The van der Waals surface area contributed by atoms with Crippen molar-refractivity contribution in [3.8, 4) is 29.3 Å². The van der Waals surface area contributed by atoms with Gasteiger partial charge in [0.15, 0.2) is 0 Å². The fraction of sp³-hybridized carbons (Fsp3) is 0.600. The van der Waals surface area contributed by atoms with Crippen LogP contribution in [-0.2, 0) is 25.7 Å². The summed E-state index contributed by atoms with van der Waals surface area (Å²) in [6.07, 6.45) is 26.2. The predicted molar refractivity (Wildman–Crippen MR) is 206 cm³/mol. The molecule has 44 heavy (non-hydrogen) atoms. The molecule has 0 saturated carbocycles. The van der Waals surface area contributed by atoms with Gasteiger partial charge in [-0.1, -0.05) is 105 Å². The highest BCUT2D eigenvalue weighted by atomic mass is 32.1. The van der Waals surface area contributed by atoms with Gasteiger partial charge in [-0.25, -0.2) is 0 Å². The molecule has 0 spiro atoms. The first-order valence-corrected chi connectivity index (χ1v) is 21.5. The van der Waals surface area contributed by atoms with Gasteiger partial charge in [0, 0.05) is 29.3 Å². The molecule has 0 bridgehead atoms. The Hall–Kier alpha value is -1.20. The molecule has 0 aliphatic carbocycles. The average Bonchev–Trinajstić information content (AvgIpc) is 3.84. The molecular weight excluding hydrogens is 609 g/mol. The summed E-state index contributed by atoms with van der Waals surface area (Å²) in [5.74, 6) is 0. The summed E-state index contributed by atoms with van der Waals surface area (Å²) >= 11 is 8.13. The van der Waals surface area contributed by atoms with Gasteiger partial charge in [-0.2, -0.15) is 0 Å². The Morgan fingerprint density at radius 2 is 0.909 bits per heavy atom. The van der Waals surface area contributed by atoms with Crippen LogP contribution in [-0.4, -0.2) is 0 Å². The predicted octanol–water partition coefficient (Wildman–Crippen LogP) is 15.4. The first-order valence-electron chi connectivity index (χ1n) is 18.1. The van der Waals surface area contributed by atoms with Gasteiger partial charge in [-0.15, -0.1) is 45.3 Å². The Labute approximate surface area is 286 Å². The molecule has 0 saturated heterocycles.